The van der Waals surface area contributed by atoms with Crippen LogP contribution >= 0.6 is 11.6 Å². The Morgan fingerprint density at radius 1 is 1.25 bits per heavy atom. The second-order valence-corrected chi connectivity index (χ2v) is 7.00. The highest BCUT2D eigenvalue weighted by Crippen LogP contribution is 2.22. The third-order valence-electron chi connectivity index (χ3n) is 3.52. The summed E-state index contributed by atoms with van der Waals surface area (Å²) in [6.45, 7) is 1.75. The van der Waals surface area contributed by atoms with Gasteiger partial charge in [0.1, 0.15) is 0 Å². The van der Waals surface area contributed by atoms with E-state index in [0.717, 1.165) is 4.57 Å². The molecule has 1 atom stereocenters. The van der Waals surface area contributed by atoms with Gasteiger partial charge in [-0.1, -0.05) is 0 Å². The SMILES string of the molecule is CC(OC(=O)C[N+](C)(C)C)n1c(Cl)nc2c1c(=O)n(C)c(=O)n2C. The molecule has 0 saturated heterocycles. The number of likely N-dealkylation sites (N-methyl/N-ethyl adjacent to an activating group) is 1. The van der Waals surface area contributed by atoms with Crippen LogP contribution in [-0.4, -0.2) is 56.8 Å². The molecule has 0 spiro atoms. The third kappa shape index (κ3) is 3.22. The number of nitrogens with zero attached hydrogens (tertiary/aromatic N) is 5. The van der Waals surface area contributed by atoms with Crippen molar-refractivity contribution in [2.75, 3.05) is 27.7 Å². The molecule has 10 heteroatoms. The number of halogens is 1. The molecule has 1 unspecified atom stereocenters. The lowest BCUT2D eigenvalue weighted by Gasteiger charge is -2.24. The largest absolute Gasteiger partial charge is 0.437 e. The van der Waals surface area contributed by atoms with E-state index in [0.29, 0.717) is 4.48 Å². The summed E-state index contributed by atoms with van der Waals surface area (Å²) in [6, 6.07) is 0. The monoisotopic (exact) mass is 358 g/mol. The van der Waals surface area contributed by atoms with E-state index in [1.54, 1.807) is 6.92 Å². The Balaban J connectivity index is 2.53. The molecule has 0 radical (unpaired) electrons. The van der Waals surface area contributed by atoms with E-state index in [1.807, 2.05) is 21.1 Å². The van der Waals surface area contributed by atoms with Gasteiger partial charge in [-0.2, -0.15) is 4.98 Å². The van der Waals surface area contributed by atoms with Gasteiger partial charge in [-0.25, -0.2) is 9.59 Å². The number of hydrogen-bond donors (Lipinski definition) is 0. The molecule has 9 nitrogen and oxygen atoms in total. The number of quaternary nitrogens is 1. The minimum Gasteiger partial charge on any atom is -0.437 e. The first-order valence-electron chi connectivity index (χ1n) is 7.27. The molecule has 0 fully saturated rings. The Morgan fingerprint density at radius 3 is 2.38 bits per heavy atom. The Kier molecular flexibility index (Phi) is 4.60. The fraction of sp³-hybridized carbons (Fsp3) is 0.571. The van der Waals surface area contributed by atoms with Crippen molar-refractivity contribution in [1.29, 1.82) is 0 Å². The van der Waals surface area contributed by atoms with Gasteiger partial charge in [-0.05, 0) is 18.5 Å². The maximum atomic E-state index is 12.4. The van der Waals surface area contributed by atoms with Crippen molar-refractivity contribution in [1.82, 2.24) is 18.7 Å². The van der Waals surface area contributed by atoms with E-state index in [2.05, 4.69) is 4.98 Å². The van der Waals surface area contributed by atoms with Crippen molar-refractivity contribution in [2.24, 2.45) is 14.1 Å². The summed E-state index contributed by atoms with van der Waals surface area (Å²) in [7, 11) is 8.43. The first kappa shape index (κ1) is 18.2. The van der Waals surface area contributed by atoms with Gasteiger partial charge in [0.15, 0.2) is 23.9 Å². The van der Waals surface area contributed by atoms with E-state index in [1.165, 1.54) is 23.2 Å². The summed E-state index contributed by atoms with van der Waals surface area (Å²) in [4.78, 5) is 40.5. The molecule has 2 rings (SSSR count). The Hall–Kier alpha value is -2.13. The maximum absolute atomic E-state index is 12.4. The molecule has 0 amide bonds. The van der Waals surface area contributed by atoms with E-state index in [-0.39, 0.29) is 23.0 Å². The van der Waals surface area contributed by atoms with E-state index >= 15 is 0 Å². The number of aromatic nitrogens is 4. The van der Waals surface area contributed by atoms with Gasteiger partial charge in [0.2, 0.25) is 5.28 Å². The summed E-state index contributed by atoms with van der Waals surface area (Å²) in [5.41, 5.74) is -0.816. The van der Waals surface area contributed by atoms with Crippen molar-refractivity contribution in [3.63, 3.8) is 0 Å². The van der Waals surface area contributed by atoms with Gasteiger partial charge in [0, 0.05) is 14.1 Å². The highest BCUT2D eigenvalue weighted by Gasteiger charge is 2.25. The predicted molar refractivity (Wildman–Crippen MR) is 88.9 cm³/mol. The Morgan fingerprint density at radius 2 is 1.83 bits per heavy atom. The number of hydrogen-bond acceptors (Lipinski definition) is 5. The first-order chi connectivity index (χ1) is 10.9. The predicted octanol–water partition coefficient (Wildman–Crippen LogP) is -0.145. The van der Waals surface area contributed by atoms with Gasteiger partial charge >= 0.3 is 11.7 Å². The number of esters is 1. The maximum Gasteiger partial charge on any atom is 0.363 e. The van der Waals surface area contributed by atoms with E-state index in [9.17, 15) is 14.4 Å². The van der Waals surface area contributed by atoms with Gasteiger partial charge < -0.3 is 9.22 Å². The highest BCUT2D eigenvalue weighted by atomic mass is 35.5. The van der Waals surface area contributed by atoms with Crippen LogP contribution in [0.4, 0.5) is 0 Å². The smallest absolute Gasteiger partial charge is 0.363 e. The number of rotatable bonds is 4. The standard InChI is InChI=1S/C14H21ClN5O4/c1-8(24-9(21)7-20(4,5)6)19-10-11(16-13(19)15)17(2)14(23)18(3)12(10)22/h8H,7H2,1-6H3/q+1. The molecular weight excluding hydrogens is 338 g/mol. The minimum absolute atomic E-state index is 0.0335. The minimum atomic E-state index is -0.841. The van der Waals surface area contributed by atoms with Crippen LogP contribution in [0, 0.1) is 0 Å². The van der Waals surface area contributed by atoms with Gasteiger partial charge in [-0.3, -0.25) is 18.5 Å². The second kappa shape index (κ2) is 6.06. The third-order valence-corrected chi connectivity index (χ3v) is 3.78. The van der Waals surface area contributed by atoms with E-state index in [4.69, 9.17) is 16.3 Å². The number of carbonyl (C=O) groups is 1. The van der Waals surface area contributed by atoms with Crippen LogP contribution in [0.1, 0.15) is 13.2 Å². The van der Waals surface area contributed by atoms with Crippen LogP contribution in [0.2, 0.25) is 5.28 Å². The molecule has 0 aliphatic heterocycles. The number of imidazole rings is 1. The lowest BCUT2D eigenvalue weighted by atomic mass is 10.4. The molecule has 2 aromatic rings. The second-order valence-electron chi connectivity index (χ2n) is 6.67. The lowest BCUT2D eigenvalue weighted by molar-refractivity contribution is -0.862. The normalized spacial score (nSPS) is 13.3. The van der Waals surface area contributed by atoms with Crippen LogP contribution in [0.3, 0.4) is 0 Å². The summed E-state index contributed by atoms with van der Waals surface area (Å²) in [6.07, 6.45) is -0.841. The number of fused-ring (bicyclic) bond motifs is 1. The quantitative estimate of drug-likeness (QED) is 0.431. The van der Waals surface area contributed by atoms with Crippen molar-refractivity contribution in [2.45, 2.75) is 13.2 Å². The Labute approximate surface area is 143 Å². The fourth-order valence-electron chi connectivity index (χ4n) is 2.39. The van der Waals surface area contributed by atoms with Crippen LogP contribution in [0.25, 0.3) is 11.2 Å². The zero-order valence-electron chi connectivity index (χ0n) is 14.5. The first-order valence-corrected chi connectivity index (χ1v) is 7.65. The molecule has 2 aromatic heterocycles. The van der Waals surface area contributed by atoms with Crippen LogP contribution in [-0.2, 0) is 23.6 Å². The molecule has 0 aromatic carbocycles. The van der Waals surface area contributed by atoms with Crippen LogP contribution in [0.5, 0.6) is 0 Å². The van der Waals surface area contributed by atoms with Crippen LogP contribution < -0.4 is 11.2 Å². The molecule has 0 N–H and O–H groups in total. The molecule has 24 heavy (non-hydrogen) atoms. The fourth-order valence-corrected chi connectivity index (χ4v) is 2.69. The molecule has 2 heterocycles. The number of ether oxygens (including phenoxy) is 1. The molecule has 0 saturated carbocycles. The lowest BCUT2D eigenvalue weighted by Crippen LogP contribution is -2.41. The molecular formula is C14H21ClN5O4+. The number of aryl methyl sites for hydroxylation is 1. The average Bonchev–Trinajstić information content (AvgIpc) is 2.78. The van der Waals surface area contributed by atoms with Crippen molar-refractivity contribution < 1.29 is 14.0 Å². The van der Waals surface area contributed by atoms with Crippen molar-refractivity contribution in [3.8, 4) is 0 Å². The zero-order chi connectivity index (χ0) is 18.4. The molecule has 132 valence electrons. The molecule has 0 aliphatic rings. The highest BCUT2D eigenvalue weighted by molar-refractivity contribution is 6.29. The summed E-state index contributed by atoms with van der Waals surface area (Å²) in [5.74, 6) is -0.436. The molecule has 0 bridgehead atoms. The Bertz CT molecular complexity index is 918. The topological polar surface area (TPSA) is 88.1 Å². The number of carbonyl (C=O) groups excluding carboxylic acids is 1. The average molecular weight is 359 g/mol. The summed E-state index contributed by atoms with van der Waals surface area (Å²) in [5, 5.41) is -0.0335. The summed E-state index contributed by atoms with van der Waals surface area (Å²) < 4.78 is 9.27. The zero-order valence-corrected chi connectivity index (χ0v) is 15.3. The van der Waals surface area contributed by atoms with Crippen LogP contribution in [0.15, 0.2) is 9.59 Å². The summed E-state index contributed by atoms with van der Waals surface area (Å²) >= 11 is 6.12. The van der Waals surface area contributed by atoms with Gasteiger partial charge in [-0.15, -0.1) is 0 Å². The van der Waals surface area contributed by atoms with Crippen molar-refractivity contribution in [3.05, 3.63) is 26.1 Å². The van der Waals surface area contributed by atoms with E-state index < -0.39 is 23.4 Å². The van der Waals surface area contributed by atoms with Crippen molar-refractivity contribution >= 4 is 28.7 Å². The van der Waals surface area contributed by atoms with Gasteiger partial charge in [0.05, 0.1) is 21.1 Å². The van der Waals surface area contributed by atoms with Gasteiger partial charge in [0.25, 0.3) is 5.56 Å². The molecule has 0 aliphatic carbocycles.